The Hall–Kier alpha value is -3.66. The number of imidazole rings is 1. The van der Waals surface area contributed by atoms with Crippen LogP contribution in [0, 0.1) is 0 Å². The van der Waals surface area contributed by atoms with Crippen LogP contribution in [0.1, 0.15) is 0 Å². The molecule has 1 fully saturated rings. The van der Waals surface area contributed by atoms with Gasteiger partial charge in [0.1, 0.15) is 11.6 Å². The van der Waals surface area contributed by atoms with Crippen LogP contribution in [0.3, 0.4) is 0 Å². The topological polar surface area (TPSA) is 58.8 Å². The number of aromatic nitrogens is 4. The summed E-state index contributed by atoms with van der Waals surface area (Å²) >= 11 is 0. The first-order valence-corrected chi connectivity index (χ1v) is 10.4. The zero-order chi connectivity index (χ0) is 23.0. The van der Waals surface area contributed by atoms with Gasteiger partial charge < -0.3 is 14.5 Å². The number of fused-ring (bicyclic) bond motifs is 1. The number of likely N-dealkylation sites (N-methyl/N-ethyl adjacent to an activating group) is 1. The van der Waals surface area contributed by atoms with Gasteiger partial charge >= 0.3 is 6.36 Å². The summed E-state index contributed by atoms with van der Waals surface area (Å²) in [5.41, 5.74) is 3.27. The van der Waals surface area contributed by atoms with E-state index in [1.165, 1.54) is 18.2 Å². The van der Waals surface area contributed by atoms with Gasteiger partial charge in [-0.1, -0.05) is 12.1 Å². The number of alkyl halides is 3. The number of benzene rings is 1. The van der Waals surface area contributed by atoms with E-state index in [9.17, 15) is 13.2 Å². The number of anilines is 1. The fourth-order valence-corrected chi connectivity index (χ4v) is 3.86. The Morgan fingerprint density at radius 3 is 2.42 bits per heavy atom. The number of hydrogen-bond acceptors (Lipinski definition) is 6. The van der Waals surface area contributed by atoms with Crippen LogP contribution in [-0.4, -0.2) is 63.8 Å². The van der Waals surface area contributed by atoms with Crippen molar-refractivity contribution in [3.63, 3.8) is 0 Å². The molecular formula is C23H21F3N6O. The van der Waals surface area contributed by atoms with Crippen LogP contribution in [0.2, 0.25) is 0 Å². The second-order valence-corrected chi connectivity index (χ2v) is 7.92. The first-order valence-electron chi connectivity index (χ1n) is 10.4. The van der Waals surface area contributed by atoms with E-state index in [2.05, 4.69) is 36.5 Å². The van der Waals surface area contributed by atoms with Gasteiger partial charge in [0.15, 0.2) is 5.65 Å². The Balaban J connectivity index is 1.44. The quantitative estimate of drug-likeness (QED) is 0.463. The first-order chi connectivity index (χ1) is 15.9. The lowest BCUT2D eigenvalue weighted by Crippen LogP contribution is -2.44. The molecule has 0 spiro atoms. The molecule has 4 heterocycles. The Bertz CT molecular complexity index is 1260. The molecule has 33 heavy (non-hydrogen) atoms. The van der Waals surface area contributed by atoms with Crippen molar-refractivity contribution >= 4 is 11.5 Å². The molecule has 0 radical (unpaired) electrons. The summed E-state index contributed by atoms with van der Waals surface area (Å²) in [6, 6.07) is 9.78. The lowest BCUT2D eigenvalue weighted by atomic mass is 10.1. The maximum atomic E-state index is 12.6. The third-order valence-electron chi connectivity index (χ3n) is 5.63. The summed E-state index contributed by atoms with van der Waals surface area (Å²) in [5, 5.41) is 0. The first kappa shape index (κ1) is 21.2. The van der Waals surface area contributed by atoms with E-state index >= 15 is 0 Å². The van der Waals surface area contributed by atoms with Crippen LogP contribution in [0.5, 0.6) is 5.75 Å². The number of piperazine rings is 1. The zero-order valence-corrected chi connectivity index (χ0v) is 17.8. The summed E-state index contributed by atoms with van der Waals surface area (Å²) in [5.74, 6) is 0.644. The van der Waals surface area contributed by atoms with Gasteiger partial charge in [-0.25, -0.2) is 9.97 Å². The van der Waals surface area contributed by atoms with Gasteiger partial charge in [0.05, 0.1) is 23.8 Å². The minimum absolute atomic E-state index is 0.284. The van der Waals surface area contributed by atoms with Gasteiger partial charge in [-0.05, 0) is 31.3 Å². The predicted molar refractivity (Wildman–Crippen MR) is 118 cm³/mol. The van der Waals surface area contributed by atoms with Crippen molar-refractivity contribution in [1.29, 1.82) is 0 Å². The van der Waals surface area contributed by atoms with Crippen molar-refractivity contribution in [2.45, 2.75) is 6.36 Å². The molecule has 170 valence electrons. The molecule has 0 atom stereocenters. The van der Waals surface area contributed by atoms with Crippen LogP contribution >= 0.6 is 0 Å². The summed E-state index contributed by atoms with van der Waals surface area (Å²) < 4.78 is 43.7. The highest BCUT2D eigenvalue weighted by molar-refractivity contribution is 5.67. The fraction of sp³-hybridized carbons (Fsp3) is 0.261. The van der Waals surface area contributed by atoms with Gasteiger partial charge in [-0.15, -0.1) is 13.2 Å². The van der Waals surface area contributed by atoms with Gasteiger partial charge in [0, 0.05) is 49.7 Å². The van der Waals surface area contributed by atoms with Gasteiger partial charge in [0.2, 0.25) is 0 Å². The van der Waals surface area contributed by atoms with E-state index in [0.717, 1.165) is 37.6 Å². The van der Waals surface area contributed by atoms with E-state index in [0.29, 0.717) is 22.6 Å². The van der Waals surface area contributed by atoms with Crippen LogP contribution in [0.25, 0.3) is 28.2 Å². The number of hydrogen-bond donors (Lipinski definition) is 0. The average molecular weight is 454 g/mol. The monoisotopic (exact) mass is 454 g/mol. The SMILES string of the molecule is CN1CCN(c2ccc(-c3cn4c(-c5cccc(OC(F)(F)F)c5)cnc4cn3)cn2)CC1. The largest absolute Gasteiger partial charge is 0.573 e. The van der Waals surface area contributed by atoms with Crippen LogP contribution < -0.4 is 9.64 Å². The van der Waals surface area contributed by atoms with Gasteiger partial charge in [-0.3, -0.25) is 9.38 Å². The molecule has 1 aliphatic heterocycles. The van der Waals surface area contributed by atoms with Crippen molar-refractivity contribution < 1.29 is 17.9 Å². The van der Waals surface area contributed by atoms with E-state index in [-0.39, 0.29) is 5.75 Å². The number of rotatable bonds is 4. The third kappa shape index (κ3) is 4.61. The number of ether oxygens (including phenoxy) is 1. The minimum atomic E-state index is -4.75. The highest BCUT2D eigenvalue weighted by atomic mass is 19.4. The molecular weight excluding hydrogens is 433 g/mol. The molecule has 3 aromatic heterocycles. The highest BCUT2D eigenvalue weighted by Crippen LogP contribution is 2.29. The number of pyridine rings is 1. The molecule has 0 saturated carbocycles. The fourth-order valence-electron chi connectivity index (χ4n) is 3.86. The van der Waals surface area contributed by atoms with E-state index < -0.39 is 6.36 Å². The maximum absolute atomic E-state index is 12.6. The summed E-state index contributed by atoms with van der Waals surface area (Å²) in [4.78, 5) is 18.0. The molecule has 1 aromatic carbocycles. The molecule has 1 aliphatic rings. The normalized spacial score (nSPS) is 15.2. The molecule has 0 bridgehead atoms. The van der Waals surface area contributed by atoms with Gasteiger partial charge in [0.25, 0.3) is 0 Å². The van der Waals surface area contributed by atoms with Gasteiger partial charge in [-0.2, -0.15) is 0 Å². The van der Waals surface area contributed by atoms with Crippen molar-refractivity contribution in [2.75, 3.05) is 38.1 Å². The molecule has 0 amide bonds. The summed E-state index contributed by atoms with van der Waals surface area (Å²) in [7, 11) is 2.11. The zero-order valence-electron chi connectivity index (χ0n) is 17.8. The Morgan fingerprint density at radius 1 is 0.879 bits per heavy atom. The summed E-state index contributed by atoms with van der Waals surface area (Å²) in [6.07, 6.45) is 2.07. The number of halogens is 3. The highest BCUT2D eigenvalue weighted by Gasteiger charge is 2.31. The predicted octanol–water partition coefficient (Wildman–Crippen LogP) is 4.11. The van der Waals surface area contributed by atoms with Crippen LogP contribution in [0.15, 0.2) is 61.2 Å². The van der Waals surface area contributed by atoms with Crippen molar-refractivity contribution in [3.8, 4) is 28.3 Å². The van der Waals surface area contributed by atoms with E-state index in [1.54, 1.807) is 29.1 Å². The number of nitrogens with zero attached hydrogens (tertiary/aromatic N) is 6. The Kier molecular flexibility index (Phi) is 5.37. The molecule has 4 aromatic rings. The molecule has 1 saturated heterocycles. The minimum Gasteiger partial charge on any atom is -0.406 e. The average Bonchev–Trinajstić information content (AvgIpc) is 3.22. The Morgan fingerprint density at radius 2 is 1.70 bits per heavy atom. The summed E-state index contributed by atoms with van der Waals surface area (Å²) in [6.45, 7) is 3.87. The van der Waals surface area contributed by atoms with Crippen molar-refractivity contribution in [3.05, 3.63) is 61.2 Å². The molecule has 7 nitrogen and oxygen atoms in total. The Labute approximate surface area is 188 Å². The van der Waals surface area contributed by atoms with E-state index in [4.69, 9.17) is 0 Å². The molecule has 0 N–H and O–H groups in total. The van der Waals surface area contributed by atoms with Crippen LogP contribution in [-0.2, 0) is 0 Å². The third-order valence-corrected chi connectivity index (χ3v) is 5.63. The molecule has 5 rings (SSSR count). The smallest absolute Gasteiger partial charge is 0.406 e. The van der Waals surface area contributed by atoms with E-state index in [1.807, 2.05) is 18.3 Å². The lowest BCUT2D eigenvalue weighted by molar-refractivity contribution is -0.274. The lowest BCUT2D eigenvalue weighted by Gasteiger charge is -2.33. The van der Waals surface area contributed by atoms with Crippen LogP contribution in [0.4, 0.5) is 19.0 Å². The molecule has 10 heteroatoms. The maximum Gasteiger partial charge on any atom is 0.573 e. The second kappa shape index (κ2) is 8.36. The molecule has 0 aliphatic carbocycles. The van der Waals surface area contributed by atoms with Crippen molar-refractivity contribution in [2.24, 2.45) is 0 Å². The second-order valence-electron chi connectivity index (χ2n) is 7.92. The van der Waals surface area contributed by atoms with Crippen molar-refractivity contribution in [1.82, 2.24) is 24.3 Å². The molecule has 0 unspecified atom stereocenters. The standard InChI is InChI=1S/C23H21F3N6O/c1-30-7-9-31(10-8-30)21-6-5-17(12-28-21)19-15-32-20(13-29-22(32)14-27-19)16-3-2-4-18(11-16)33-23(24,25)26/h2-6,11-15H,7-10H2,1H3.